The number of amides is 3. The molecule has 1 saturated heterocycles. The van der Waals surface area contributed by atoms with Crippen molar-refractivity contribution in [1.82, 2.24) is 36.6 Å². The third-order valence-corrected chi connectivity index (χ3v) is 9.80. The average Bonchev–Trinajstić information content (AvgIpc) is 3.67. The smallest absolute Gasteiger partial charge is 0.251 e. The highest BCUT2D eigenvalue weighted by atomic mass is 35.5. The number of hydrogen-bond donors (Lipinski definition) is 6. The zero-order chi connectivity index (χ0) is 34.2. The molecule has 1 aromatic heterocycles. The van der Waals surface area contributed by atoms with Crippen LogP contribution in [-0.2, 0) is 16.0 Å². The van der Waals surface area contributed by atoms with E-state index in [1.807, 2.05) is 55.5 Å². The lowest BCUT2D eigenvalue weighted by atomic mass is 9.81. The first-order valence-electron chi connectivity index (χ1n) is 17.2. The van der Waals surface area contributed by atoms with Crippen LogP contribution in [-0.4, -0.2) is 70.1 Å². The van der Waals surface area contributed by atoms with E-state index >= 15 is 0 Å². The van der Waals surface area contributed by atoms with Gasteiger partial charge in [-0.05, 0) is 140 Å². The number of benzene rings is 3. The van der Waals surface area contributed by atoms with Crippen molar-refractivity contribution in [1.29, 1.82) is 0 Å². The molecule has 0 bridgehead atoms. The first-order valence-corrected chi connectivity index (χ1v) is 17.2. The Balaban J connectivity index is 0.00000486. The molecular weight excluding hydrogens is 654 g/mol. The molecule has 6 rings (SSSR count). The quantitative estimate of drug-likeness (QED) is 0.135. The van der Waals surface area contributed by atoms with E-state index in [2.05, 4.69) is 48.0 Å². The zero-order valence-electron chi connectivity index (χ0n) is 28.3. The molecule has 4 aromatic rings. The van der Waals surface area contributed by atoms with Crippen LogP contribution < -0.4 is 27.0 Å². The standard InChI is InChI=1S/C37H45N9O3.ClH/c1-23-19-29(36(48)40-31-15-17-39-18-16-31)11-14-32(23)28-4-2-3-25(20-28)21-33(42-35(47)27-7-5-24(22-38)6-8-27)37(49)41-30-12-9-26(10-13-30)34-43-45-46-44-34;/h2-4,9-14,19-20,24,27,31,33,39H,5-8,15-18,21-22,38H2,1H3,(H,40,48)(H,41,49)(H,42,47)(H,43,44,45,46);1H/t24-,27-,33-;/m0./s1. The van der Waals surface area contributed by atoms with Crippen LogP contribution >= 0.6 is 12.4 Å². The summed E-state index contributed by atoms with van der Waals surface area (Å²) in [6.07, 6.45) is 5.52. The van der Waals surface area contributed by atoms with Crippen LogP contribution in [0.15, 0.2) is 66.7 Å². The number of nitrogens with one attached hydrogen (secondary N) is 5. The van der Waals surface area contributed by atoms with Gasteiger partial charge in [-0.3, -0.25) is 14.4 Å². The van der Waals surface area contributed by atoms with Crippen molar-refractivity contribution in [3.63, 3.8) is 0 Å². The highest BCUT2D eigenvalue weighted by Gasteiger charge is 2.29. The molecule has 264 valence electrons. The predicted molar refractivity (Wildman–Crippen MR) is 196 cm³/mol. The van der Waals surface area contributed by atoms with E-state index in [1.54, 1.807) is 12.1 Å². The maximum atomic E-state index is 13.8. The zero-order valence-corrected chi connectivity index (χ0v) is 29.1. The van der Waals surface area contributed by atoms with Gasteiger partial charge < -0.3 is 27.0 Å². The van der Waals surface area contributed by atoms with Gasteiger partial charge in [0.25, 0.3) is 5.91 Å². The number of carbonyl (C=O) groups is 3. The molecule has 7 N–H and O–H groups in total. The summed E-state index contributed by atoms with van der Waals surface area (Å²) in [5.74, 6) is 0.367. The molecule has 2 heterocycles. The van der Waals surface area contributed by atoms with Crippen molar-refractivity contribution in [2.45, 2.75) is 64.0 Å². The molecule has 0 spiro atoms. The number of nitrogens with zero attached hydrogens (tertiary/aromatic N) is 3. The minimum atomic E-state index is -0.796. The molecule has 3 aromatic carbocycles. The number of aryl methyl sites for hydroxylation is 1. The summed E-state index contributed by atoms with van der Waals surface area (Å²) in [5, 5.41) is 26.4. The predicted octanol–water partition coefficient (Wildman–Crippen LogP) is 4.18. The van der Waals surface area contributed by atoms with Crippen LogP contribution in [0.5, 0.6) is 0 Å². The van der Waals surface area contributed by atoms with Gasteiger partial charge in [-0.25, -0.2) is 5.10 Å². The molecule has 0 unspecified atom stereocenters. The molecule has 50 heavy (non-hydrogen) atoms. The van der Waals surface area contributed by atoms with Gasteiger partial charge in [-0.15, -0.1) is 17.5 Å². The second kappa shape index (κ2) is 17.3. The number of H-pyrrole nitrogens is 1. The second-order valence-corrected chi connectivity index (χ2v) is 13.3. The van der Waals surface area contributed by atoms with Crippen molar-refractivity contribution >= 4 is 35.8 Å². The summed E-state index contributed by atoms with van der Waals surface area (Å²) in [7, 11) is 0. The van der Waals surface area contributed by atoms with E-state index in [9.17, 15) is 14.4 Å². The van der Waals surface area contributed by atoms with E-state index in [0.717, 1.165) is 79.4 Å². The third kappa shape index (κ3) is 9.32. The molecule has 1 saturated carbocycles. The number of aromatic amines is 1. The van der Waals surface area contributed by atoms with Crippen LogP contribution in [0.1, 0.15) is 60.0 Å². The largest absolute Gasteiger partial charge is 0.349 e. The lowest BCUT2D eigenvalue weighted by Crippen LogP contribution is -2.48. The van der Waals surface area contributed by atoms with Crippen molar-refractivity contribution in [2.24, 2.45) is 17.6 Å². The van der Waals surface area contributed by atoms with Gasteiger partial charge in [0.2, 0.25) is 11.8 Å². The Morgan fingerprint density at radius 1 is 0.920 bits per heavy atom. The van der Waals surface area contributed by atoms with E-state index in [0.29, 0.717) is 36.0 Å². The van der Waals surface area contributed by atoms with Gasteiger partial charge in [-0.1, -0.05) is 30.3 Å². The van der Waals surface area contributed by atoms with Crippen molar-refractivity contribution in [2.75, 3.05) is 25.0 Å². The minimum Gasteiger partial charge on any atom is -0.349 e. The number of rotatable bonds is 11. The molecule has 1 aliphatic heterocycles. The Hall–Kier alpha value is -4.65. The molecule has 3 amide bonds. The number of hydrogen-bond acceptors (Lipinski definition) is 8. The number of carbonyl (C=O) groups excluding carboxylic acids is 3. The number of tetrazole rings is 1. The Morgan fingerprint density at radius 2 is 1.68 bits per heavy atom. The molecule has 0 radical (unpaired) electrons. The fourth-order valence-corrected chi connectivity index (χ4v) is 6.85. The first-order chi connectivity index (χ1) is 23.9. The van der Waals surface area contributed by atoms with Gasteiger partial charge in [0.1, 0.15) is 6.04 Å². The van der Waals surface area contributed by atoms with Gasteiger partial charge >= 0.3 is 0 Å². The SMILES string of the molecule is Cc1cc(C(=O)NC2CCNCC2)ccc1-c1cccc(C[C@H](NC(=O)[C@H]2CC[C@H](CN)CC2)C(=O)Nc2ccc(-c3nnn[nH]3)cc2)c1.Cl. The second-order valence-electron chi connectivity index (χ2n) is 13.3. The molecule has 1 aliphatic carbocycles. The maximum Gasteiger partial charge on any atom is 0.251 e. The maximum absolute atomic E-state index is 13.8. The molecular formula is C37H46ClN9O3. The Morgan fingerprint density at radius 3 is 2.36 bits per heavy atom. The fourth-order valence-electron chi connectivity index (χ4n) is 6.85. The number of halogens is 1. The first kappa shape index (κ1) is 36.6. The van der Waals surface area contributed by atoms with Crippen LogP contribution in [0, 0.1) is 18.8 Å². The minimum absolute atomic E-state index is 0. The summed E-state index contributed by atoms with van der Waals surface area (Å²) in [6.45, 7) is 4.46. The van der Waals surface area contributed by atoms with E-state index in [4.69, 9.17) is 5.73 Å². The Kier molecular flexibility index (Phi) is 12.7. The van der Waals surface area contributed by atoms with Crippen LogP contribution in [0.4, 0.5) is 5.69 Å². The Labute approximate surface area is 298 Å². The topological polar surface area (TPSA) is 180 Å². The van der Waals surface area contributed by atoms with Gasteiger partial charge in [0, 0.05) is 35.2 Å². The summed E-state index contributed by atoms with van der Waals surface area (Å²) in [5.41, 5.74) is 11.8. The van der Waals surface area contributed by atoms with Gasteiger partial charge in [0.05, 0.1) is 0 Å². The van der Waals surface area contributed by atoms with Crippen molar-refractivity contribution in [3.8, 4) is 22.5 Å². The van der Waals surface area contributed by atoms with Crippen LogP contribution in [0.2, 0.25) is 0 Å². The molecule has 2 fully saturated rings. The highest BCUT2D eigenvalue weighted by molar-refractivity contribution is 5.98. The summed E-state index contributed by atoms with van der Waals surface area (Å²) < 4.78 is 0. The summed E-state index contributed by atoms with van der Waals surface area (Å²) >= 11 is 0. The number of aromatic nitrogens is 4. The summed E-state index contributed by atoms with van der Waals surface area (Å²) in [6, 6.07) is 20.4. The average molecular weight is 700 g/mol. The lowest BCUT2D eigenvalue weighted by molar-refractivity contribution is -0.130. The third-order valence-electron chi connectivity index (χ3n) is 9.80. The number of anilines is 1. The van der Waals surface area contributed by atoms with Gasteiger partial charge in [-0.2, -0.15) is 0 Å². The van der Waals surface area contributed by atoms with Crippen LogP contribution in [0.3, 0.4) is 0 Å². The highest BCUT2D eigenvalue weighted by Crippen LogP contribution is 2.29. The summed E-state index contributed by atoms with van der Waals surface area (Å²) in [4.78, 5) is 40.2. The molecule has 2 aliphatic rings. The van der Waals surface area contributed by atoms with E-state index in [-0.39, 0.29) is 42.1 Å². The molecule has 13 heteroatoms. The van der Waals surface area contributed by atoms with Crippen molar-refractivity contribution < 1.29 is 14.4 Å². The van der Waals surface area contributed by atoms with E-state index in [1.165, 1.54) is 0 Å². The Bertz CT molecular complexity index is 1740. The lowest BCUT2D eigenvalue weighted by Gasteiger charge is -2.28. The molecule has 1 atom stereocenters. The fraction of sp³-hybridized carbons (Fsp3) is 0.405. The molecule has 12 nitrogen and oxygen atoms in total. The number of nitrogens with two attached hydrogens (primary N) is 1. The van der Waals surface area contributed by atoms with E-state index < -0.39 is 6.04 Å². The van der Waals surface area contributed by atoms with Crippen LogP contribution in [0.25, 0.3) is 22.5 Å². The van der Waals surface area contributed by atoms with Gasteiger partial charge in [0.15, 0.2) is 5.82 Å². The monoisotopic (exact) mass is 699 g/mol. The van der Waals surface area contributed by atoms with Crippen molar-refractivity contribution in [3.05, 3.63) is 83.4 Å². The normalized spacial score (nSPS) is 18.4. The number of piperidine rings is 1.